The van der Waals surface area contributed by atoms with Gasteiger partial charge in [0.2, 0.25) is 0 Å². The highest BCUT2D eigenvalue weighted by atomic mass is 16.2. The average Bonchev–Trinajstić information content (AvgIpc) is 3.09. The number of pyridine rings is 1. The molecule has 0 unspecified atom stereocenters. The summed E-state index contributed by atoms with van der Waals surface area (Å²) in [4.78, 5) is 20.6. The number of aryl methyl sites for hydroxylation is 3. The molecule has 0 bridgehead atoms. The molecule has 0 aliphatic carbocycles. The van der Waals surface area contributed by atoms with Crippen molar-refractivity contribution < 1.29 is 4.79 Å². The molecule has 3 rings (SSSR count). The minimum Gasteiger partial charge on any atom is -0.332 e. The Hall–Kier alpha value is -3.22. The van der Waals surface area contributed by atoms with Crippen LogP contribution in [0.3, 0.4) is 0 Å². The number of hydrogen-bond acceptors (Lipinski definition) is 4. The van der Waals surface area contributed by atoms with Crippen molar-refractivity contribution >= 4 is 6.03 Å². The Kier molecular flexibility index (Phi) is 5.49. The second kappa shape index (κ2) is 7.99. The highest BCUT2D eigenvalue weighted by Gasteiger charge is 2.15. The zero-order chi connectivity index (χ0) is 19.4. The number of amides is 2. The summed E-state index contributed by atoms with van der Waals surface area (Å²) in [5, 5.41) is 12.8. The van der Waals surface area contributed by atoms with Crippen LogP contribution >= 0.6 is 0 Å². The molecule has 1 atom stereocenters. The van der Waals surface area contributed by atoms with Crippen LogP contribution in [0.1, 0.15) is 41.0 Å². The molecule has 7 heteroatoms. The standard InChI is InChI=1S/C20H24N6O/c1-12-9-13(2)18(14(3)10-12)15(4)23-20(27)22-11-17-24-19(26-25-17)16-5-7-21-8-6-16/h5-10,15H,11H2,1-4H3,(H2,22,23,27)(H,24,25,26)/t15-/m1/s1. The van der Waals surface area contributed by atoms with Gasteiger partial charge in [-0.15, -0.1) is 0 Å². The van der Waals surface area contributed by atoms with Gasteiger partial charge >= 0.3 is 6.03 Å². The van der Waals surface area contributed by atoms with Crippen molar-refractivity contribution in [3.8, 4) is 11.4 Å². The van der Waals surface area contributed by atoms with Gasteiger partial charge in [0.05, 0.1) is 12.6 Å². The first-order valence-electron chi connectivity index (χ1n) is 8.88. The van der Waals surface area contributed by atoms with Crippen molar-refractivity contribution in [3.05, 3.63) is 64.7 Å². The lowest BCUT2D eigenvalue weighted by Gasteiger charge is -2.20. The van der Waals surface area contributed by atoms with Crippen molar-refractivity contribution in [1.29, 1.82) is 0 Å². The number of benzene rings is 1. The summed E-state index contributed by atoms with van der Waals surface area (Å²) in [6, 6.07) is 7.60. The van der Waals surface area contributed by atoms with E-state index in [4.69, 9.17) is 0 Å². The van der Waals surface area contributed by atoms with Crippen molar-refractivity contribution in [2.24, 2.45) is 0 Å². The van der Waals surface area contributed by atoms with E-state index < -0.39 is 0 Å². The molecule has 7 nitrogen and oxygen atoms in total. The molecular weight excluding hydrogens is 340 g/mol. The van der Waals surface area contributed by atoms with Crippen molar-refractivity contribution in [2.75, 3.05) is 0 Å². The largest absolute Gasteiger partial charge is 0.332 e. The molecule has 27 heavy (non-hydrogen) atoms. The van der Waals surface area contributed by atoms with Gasteiger partial charge in [0.15, 0.2) is 5.82 Å². The number of urea groups is 1. The number of aromatic nitrogens is 4. The van der Waals surface area contributed by atoms with Crippen LogP contribution < -0.4 is 10.6 Å². The molecule has 2 heterocycles. The van der Waals surface area contributed by atoms with Gasteiger partial charge in [-0.25, -0.2) is 9.78 Å². The molecule has 3 N–H and O–H groups in total. The van der Waals surface area contributed by atoms with Crippen molar-refractivity contribution in [1.82, 2.24) is 30.8 Å². The molecule has 1 aromatic carbocycles. The molecule has 0 aliphatic heterocycles. The first-order chi connectivity index (χ1) is 12.9. The quantitative estimate of drug-likeness (QED) is 0.647. The summed E-state index contributed by atoms with van der Waals surface area (Å²) in [5.74, 6) is 1.17. The van der Waals surface area contributed by atoms with E-state index in [2.05, 4.69) is 63.7 Å². The summed E-state index contributed by atoms with van der Waals surface area (Å²) in [6.45, 7) is 8.47. The number of aromatic amines is 1. The van der Waals surface area contributed by atoms with E-state index in [1.165, 1.54) is 16.7 Å². The smallest absolute Gasteiger partial charge is 0.315 e. The lowest BCUT2D eigenvalue weighted by atomic mass is 9.95. The highest BCUT2D eigenvalue weighted by molar-refractivity contribution is 5.74. The molecule has 2 aromatic heterocycles. The number of nitrogens with zero attached hydrogens (tertiary/aromatic N) is 3. The van der Waals surface area contributed by atoms with Crippen LogP contribution in [0.15, 0.2) is 36.7 Å². The molecule has 2 amide bonds. The molecule has 0 saturated heterocycles. The summed E-state index contributed by atoms with van der Waals surface area (Å²) >= 11 is 0. The third kappa shape index (κ3) is 4.49. The molecule has 140 valence electrons. The van der Waals surface area contributed by atoms with Gasteiger partial charge in [0, 0.05) is 18.0 Å². The third-order valence-electron chi connectivity index (χ3n) is 4.41. The van der Waals surface area contributed by atoms with E-state index in [0.717, 1.165) is 11.1 Å². The first-order valence-corrected chi connectivity index (χ1v) is 8.88. The zero-order valence-corrected chi connectivity index (χ0v) is 16.0. The monoisotopic (exact) mass is 364 g/mol. The molecule has 0 fully saturated rings. The lowest BCUT2D eigenvalue weighted by Crippen LogP contribution is -2.37. The first kappa shape index (κ1) is 18.6. The van der Waals surface area contributed by atoms with E-state index in [1.54, 1.807) is 12.4 Å². The van der Waals surface area contributed by atoms with E-state index >= 15 is 0 Å². The molecule has 0 spiro atoms. The number of hydrogen-bond donors (Lipinski definition) is 3. The maximum atomic E-state index is 12.3. The van der Waals surface area contributed by atoms with Crippen LogP contribution in [-0.4, -0.2) is 26.2 Å². The lowest BCUT2D eigenvalue weighted by molar-refractivity contribution is 0.237. The van der Waals surface area contributed by atoms with Gasteiger partial charge < -0.3 is 10.6 Å². The van der Waals surface area contributed by atoms with Crippen LogP contribution in [0.2, 0.25) is 0 Å². The Labute approximate surface area is 158 Å². The van der Waals surface area contributed by atoms with E-state index in [1.807, 2.05) is 19.1 Å². The summed E-state index contributed by atoms with van der Waals surface area (Å²) < 4.78 is 0. The van der Waals surface area contributed by atoms with Gasteiger partial charge in [0.1, 0.15) is 5.82 Å². The number of carbonyl (C=O) groups excluding carboxylic acids is 1. The van der Waals surface area contributed by atoms with Gasteiger partial charge in [0.25, 0.3) is 0 Å². The molecule has 0 saturated carbocycles. The van der Waals surface area contributed by atoms with Gasteiger partial charge in [-0.2, -0.15) is 5.10 Å². The molecule has 0 aliphatic rings. The fourth-order valence-corrected chi connectivity index (χ4v) is 3.36. The Morgan fingerprint density at radius 3 is 2.48 bits per heavy atom. The second-order valence-corrected chi connectivity index (χ2v) is 6.70. The van der Waals surface area contributed by atoms with Crippen LogP contribution in [-0.2, 0) is 6.54 Å². The Bertz CT molecular complexity index is 912. The Morgan fingerprint density at radius 2 is 1.81 bits per heavy atom. The molecular formula is C20H24N6O. The van der Waals surface area contributed by atoms with Crippen LogP contribution in [0, 0.1) is 20.8 Å². The normalized spacial score (nSPS) is 11.9. The maximum absolute atomic E-state index is 12.3. The summed E-state index contributed by atoms with van der Waals surface area (Å²) in [6.07, 6.45) is 3.38. The highest BCUT2D eigenvalue weighted by Crippen LogP contribution is 2.23. The fraction of sp³-hybridized carbons (Fsp3) is 0.300. The van der Waals surface area contributed by atoms with E-state index in [0.29, 0.717) is 11.6 Å². The topological polar surface area (TPSA) is 95.6 Å². The van der Waals surface area contributed by atoms with Crippen molar-refractivity contribution in [3.63, 3.8) is 0 Å². The number of H-pyrrole nitrogens is 1. The van der Waals surface area contributed by atoms with E-state index in [9.17, 15) is 4.79 Å². The van der Waals surface area contributed by atoms with Crippen LogP contribution in [0.4, 0.5) is 4.79 Å². The fourth-order valence-electron chi connectivity index (χ4n) is 3.36. The van der Waals surface area contributed by atoms with Crippen LogP contribution in [0.25, 0.3) is 11.4 Å². The molecule has 0 radical (unpaired) electrons. The average molecular weight is 364 g/mol. The van der Waals surface area contributed by atoms with Crippen LogP contribution in [0.5, 0.6) is 0 Å². The number of nitrogens with one attached hydrogen (secondary N) is 3. The van der Waals surface area contributed by atoms with Gasteiger partial charge in [-0.05, 0) is 56.5 Å². The minimum absolute atomic E-state index is 0.0901. The summed E-state index contributed by atoms with van der Waals surface area (Å²) in [5.41, 5.74) is 5.60. The van der Waals surface area contributed by atoms with Gasteiger partial charge in [-0.3, -0.25) is 10.1 Å². The third-order valence-corrected chi connectivity index (χ3v) is 4.41. The number of rotatable bonds is 5. The predicted octanol–water partition coefficient (Wildman–Crippen LogP) is 3.35. The molecule has 3 aromatic rings. The van der Waals surface area contributed by atoms with E-state index in [-0.39, 0.29) is 18.6 Å². The minimum atomic E-state index is -0.247. The zero-order valence-electron chi connectivity index (χ0n) is 16.0. The Balaban J connectivity index is 1.58. The summed E-state index contributed by atoms with van der Waals surface area (Å²) in [7, 11) is 0. The number of carbonyl (C=O) groups is 1. The Morgan fingerprint density at radius 1 is 1.15 bits per heavy atom. The SMILES string of the molecule is Cc1cc(C)c([C@@H](C)NC(=O)NCc2nc(-c3ccncc3)n[nH]2)c(C)c1. The second-order valence-electron chi connectivity index (χ2n) is 6.70. The predicted molar refractivity (Wildman–Crippen MR) is 104 cm³/mol. The van der Waals surface area contributed by atoms with Gasteiger partial charge in [-0.1, -0.05) is 17.7 Å². The van der Waals surface area contributed by atoms with Crippen molar-refractivity contribution in [2.45, 2.75) is 40.3 Å². The maximum Gasteiger partial charge on any atom is 0.315 e.